The van der Waals surface area contributed by atoms with Crippen LogP contribution >= 0.6 is 0 Å². The first kappa shape index (κ1) is 21.3. The topological polar surface area (TPSA) is 30.5 Å². The van der Waals surface area contributed by atoms with E-state index in [9.17, 15) is 0 Å². The second-order valence-electron chi connectivity index (χ2n) is 7.17. The number of methoxy groups -OCH3 is 1. The molecule has 0 aliphatic carbocycles. The van der Waals surface area contributed by atoms with Gasteiger partial charge in [0.1, 0.15) is 6.61 Å². The number of para-hydroxylation sites is 1. The molecule has 1 N–H and O–H groups in total. The predicted molar refractivity (Wildman–Crippen MR) is 114 cm³/mol. The lowest BCUT2D eigenvalue weighted by Gasteiger charge is -2.16. The van der Waals surface area contributed by atoms with Gasteiger partial charge in [0.2, 0.25) is 0 Å². The molecule has 0 atom stereocenters. The number of hydrogen-bond acceptors (Lipinski definition) is 3. The van der Waals surface area contributed by atoms with Crippen LogP contribution < -0.4 is 14.8 Å². The highest BCUT2D eigenvalue weighted by molar-refractivity contribution is 5.46. The number of nitrogens with one attached hydrogen (secondary N) is 1. The molecule has 0 spiro atoms. The summed E-state index contributed by atoms with van der Waals surface area (Å²) in [6.07, 6.45) is 7.91. The minimum Gasteiger partial charge on any atom is -0.493 e. The quantitative estimate of drug-likeness (QED) is 0.437. The molecule has 0 aliphatic rings. The van der Waals surface area contributed by atoms with E-state index in [1.807, 2.05) is 12.1 Å². The van der Waals surface area contributed by atoms with Crippen molar-refractivity contribution < 1.29 is 9.47 Å². The van der Waals surface area contributed by atoms with Gasteiger partial charge in [-0.2, -0.15) is 0 Å². The van der Waals surface area contributed by atoms with E-state index in [2.05, 4.69) is 49.5 Å². The van der Waals surface area contributed by atoms with Gasteiger partial charge in [-0.1, -0.05) is 81.0 Å². The highest BCUT2D eigenvalue weighted by Crippen LogP contribution is 2.31. The third-order valence-corrected chi connectivity index (χ3v) is 4.81. The first-order valence-electron chi connectivity index (χ1n) is 10.3. The molecule has 0 aliphatic heterocycles. The Labute approximate surface area is 165 Å². The summed E-state index contributed by atoms with van der Waals surface area (Å²) >= 11 is 0. The molecular formula is C24H35NO2. The smallest absolute Gasteiger partial charge is 0.166 e. The number of benzene rings is 2. The van der Waals surface area contributed by atoms with Gasteiger partial charge in [-0.25, -0.2) is 0 Å². The number of rotatable bonds is 13. The zero-order chi connectivity index (χ0) is 19.3. The summed E-state index contributed by atoms with van der Waals surface area (Å²) in [4.78, 5) is 0. The molecule has 3 nitrogen and oxygen atoms in total. The monoisotopic (exact) mass is 369 g/mol. The predicted octanol–water partition coefficient (Wildman–Crippen LogP) is 6.03. The van der Waals surface area contributed by atoms with Crippen LogP contribution in [0.25, 0.3) is 0 Å². The van der Waals surface area contributed by atoms with Gasteiger partial charge >= 0.3 is 0 Å². The Balaban J connectivity index is 1.85. The van der Waals surface area contributed by atoms with E-state index in [-0.39, 0.29) is 0 Å². The average Bonchev–Trinajstić information content (AvgIpc) is 2.69. The first-order valence-corrected chi connectivity index (χ1v) is 10.3. The Kier molecular flexibility index (Phi) is 9.78. The van der Waals surface area contributed by atoms with Crippen molar-refractivity contribution in [2.75, 3.05) is 13.7 Å². The van der Waals surface area contributed by atoms with Gasteiger partial charge < -0.3 is 14.8 Å². The summed E-state index contributed by atoms with van der Waals surface area (Å²) in [7, 11) is 1.70. The van der Waals surface area contributed by atoms with Gasteiger partial charge in [0.25, 0.3) is 0 Å². The van der Waals surface area contributed by atoms with E-state index < -0.39 is 0 Å². The van der Waals surface area contributed by atoms with E-state index in [4.69, 9.17) is 9.47 Å². The maximum absolute atomic E-state index is 6.14. The first-order chi connectivity index (χ1) is 13.2. The molecule has 0 aromatic heterocycles. The molecule has 148 valence electrons. The Morgan fingerprint density at radius 2 is 1.63 bits per heavy atom. The molecule has 0 amide bonds. The fourth-order valence-corrected chi connectivity index (χ4v) is 3.12. The minimum atomic E-state index is 0.547. The van der Waals surface area contributed by atoms with Crippen LogP contribution in [0, 0.1) is 6.92 Å². The van der Waals surface area contributed by atoms with Gasteiger partial charge in [0.05, 0.1) is 7.11 Å². The highest BCUT2D eigenvalue weighted by atomic mass is 16.5. The van der Waals surface area contributed by atoms with Gasteiger partial charge in [-0.15, -0.1) is 0 Å². The Hall–Kier alpha value is -2.00. The second kappa shape index (κ2) is 12.4. The van der Waals surface area contributed by atoms with E-state index in [0.717, 1.165) is 35.7 Å². The minimum absolute atomic E-state index is 0.547. The fraction of sp³-hybridized carbons (Fsp3) is 0.500. The summed E-state index contributed by atoms with van der Waals surface area (Å²) in [6, 6.07) is 14.6. The Morgan fingerprint density at radius 3 is 2.37 bits per heavy atom. The van der Waals surface area contributed by atoms with Crippen molar-refractivity contribution in [3.05, 3.63) is 59.2 Å². The normalized spacial score (nSPS) is 10.8. The lowest BCUT2D eigenvalue weighted by molar-refractivity contribution is 0.280. The number of ether oxygens (including phenoxy) is 2. The molecule has 2 aromatic rings. The summed E-state index contributed by atoms with van der Waals surface area (Å²) in [5, 5.41) is 3.55. The maximum atomic E-state index is 6.14. The SMILES string of the molecule is CCCCCCCCNCc1cccc(OC)c1OCc1ccc(C)cc1. The summed E-state index contributed by atoms with van der Waals surface area (Å²) in [6.45, 7) is 6.74. The fourth-order valence-electron chi connectivity index (χ4n) is 3.12. The summed E-state index contributed by atoms with van der Waals surface area (Å²) in [5.74, 6) is 1.64. The molecule has 0 heterocycles. The molecule has 2 aromatic carbocycles. The van der Waals surface area contributed by atoms with Crippen LogP contribution in [0.15, 0.2) is 42.5 Å². The largest absolute Gasteiger partial charge is 0.493 e. The van der Waals surface area contributed by atoms with Crippen LogP contribution in [0.3, 0.4) is 0 Å². The standard InChI is InChI=1S/C24H35NO2/c1-4-5-6-7-8-9-17-25-18-22-11-10-12-23(26-3)24(22)27-19-21-15-13-20(2)14-16-21/h10-16,25H,4-9,17-19H2,1-3H3. The van der Waals surface area contributed by atoms with Gasteiger partial charge in [0.15, 0.2) is 11.5 Å². The van der Waals surface area contributed by atoms with Gasteiger partial charge in [-0.3, -0.25) is 0 Å². The van der Waals surface area contributed by atoms with Crippen LogP contribution in [-0.4, -0.2) is 13.7 Å². The van der Waals surface area contributed by atoms with Gasteiger partial charge in [-0.05, 0) is 31.5 Å². The molecule has 3 heteroatoms. The molecule has 27 heavy (non-hydrogen) atoms. The molecule has 0 unspecified atom stereocenters. The van der Waals surface area contributed by atoms with E-state index in [0.29, 0.717) is 6.61 Å². The third kappa shape index (κ3) is 7.64. The number of hydrogen-bond donors (Lipinski definition) is 1. The maximum Gasteiger partial charge on any atom is 0.166 e. The van der Waals surface area contributed by atoms with E-state index >= 15 is 0 Å². The van der Waals surface area contributed by atoms with Crippen LogP contribution in [0.2, 0.25) is 0 Å². The van der Waals surface area contributed by atoms with Crippen molar-refractivity contribution in [3.8, 4) is 11.5 Å². The lowest BCUT2D eigenvalue weighted by Crippen LogP contribution is -2.15. The van der Waals surface area contributed by atoms with Crippen LogP contribution in [0.5, 0.6) is 11.5 Å². The van der Waals surface area contributed by atoms with E-state index in [1.54, 1.807) is 7.11 Å². The second-order valence-corrected chi connectivity index (χ2v) is 7.17. The molecule has 0 bridgehead atoms. The van der Waals surface area contributed by atoms with Crippen LogP contribution in [0.4, 0.5) is 0 Å². The van der Waals surface area contributed by atoms with Crippen LogP contribution in [0.1, 0.15) is 62.1 Å². The molecule has 2 rings (SSSR count). The summed E-state index contributed by atoms with van der Waals surface area (Å²) < 4.78 is 11.7. The zero-order valence-electron chi connectivity index (χ0n) is 17.2. The Morgan fingerprint density at radius 1 is 0.889 bits per heavy atom. The van der Waals surface area contributed by atoms with Crippen LogP contribution in [-0.2, 0) is 13.2 Å². The molecule has 0 saturated heterocycles. The third-order valence-electron chi connectivity index (χ3n) is 4.81. The zero-order valence-corrected chi connectivity index (χ0v) is 17.2. The lowest BCUT2D eigenvalue weighted by atomic mass is 10.1. The molecule has 0 saturated carbocycles. The van der Waals surface area contributed by atoms with Crippen molar-refractivity contribution in [1.29, 1.82) is 0 Å². The highest BCUT2D eigenvalue weighted by Gasteiger charge is 2.10. The summed E-state index contributed by atoms with van der Waals surface area (Å²) in [5.41, 5.74) is 3.57. The van der Waals surface area contributed by atoms with E-state index in [1.165, 1.54) is 44.1 Å². The van der Waals surface area contributed by atoms with Crippen molar-refractivity contribution >= 4 is 0 Å². The Bertz CT molecular complexity index is 652. The molecule has 0 radical (unpaired) electrons. The van der Waals surface area contributed by atoms with Crippen molar-refractivity contribution in [1.82, 2.24) is 5.32 Å². The molecular weight excluding hydrogens is 334 g/mol. The molecule has 0 fully saturated rings. The number of aryl methyl sites for hydroxylation is 1. The van der Waals surface area contributed by atoms with Gasteiger partial charge in [0, 0.05) is 12.1 Å². The van der Waals surface area contributed by atoms with Crippen molar-refractivity contribution in [3.63, 3.8) is 0 Å². The average molecular weight is 370 g/mol. The van der Waals surface area contributed by atoms with Crippen molar-refractivity contribution in [2.45, 2.75) is 65.5 Å². The number of unbranched alkanes of at least 4 members (excludes halogenated alkanes) is 5. The van der Waals surface area contributed by atoms with Crippen molar-refractivity contribution in [2.24, 2.45) is 0 Å².